The van der Waals surface area contributed by atoms with Crippen molar-refractivity contribution in [1.82, 2.24) is 0 Å². The number of furan rings is 1. The van der Waals surface area contributed by atoms with Crippen LogP contribution < -0.4 is 10.6 Å². The van der Waals surface area contributed by atoms with E-state index in [1.54, 1.807) is 43.5 Å². The van der Waals surface area contributed by atoms with Gasteiger partial charge in [-0.15, -0.1) is 0 Å². The monoisotopic (exact) mass is 378 g/mol. The summed E-state index contributed by atoms with van der Waals surface area (Å²) in [6, 6.07) is 18.0. The SMILES string of the molecule is Cc1cccc(NC(=O)[C@@H](C)OC(=O)c2ccccc2NCc2ccco2)c1. The molecule has 1 aromatic heterocycles. The number of rotatable bonds is 7. The van der Waals surface area contributed by atoms with Crippen LogP contribution in [0.5, 0.6) is 0 Å². The van der Waals surface area contributed by atoms with Crippen LogP contribution in [0.3, 0.4) is 0 Å². The van der Waals surface area contributed by atoms with Gasteiger partial charge in [-0.25, -0.2) is 4.79 Å². The minimum Gasteiger partial charge on any atom is -0.467 e. The van der Waals surface area contributed by atoms with Crippen molar-refractivity contribution >= 4 is 23.3 Å². The van der Waals surface area contributed by atoms with Crippen LogP contribution in [0.15, 0.2) is 71.3 Å². The fourth-order valence-corrected chi connectivity index (χ4v) is 2.66. The quantitative estimate of drug-likeness (QED) is 0.596. The number of esters is 1. The molecule has 0 aliphatic heterocycles. The third-order valence-corrected chi connectivity index (χ3v) is 4.12. The molecule has 0 aliphatic rings. The average Bonchev–Trinajstić information content (AvgIpc) is 3.20. The first kappa shape index (κ1) is 19.2. The van der Waals surface area contributed by atoms with Crippen LogP contribution in [-0.4, -0.2) is 18.0 Å². The summed E-state index contributed by atoms with van der Waals surface area (Å²) in [5, 5.41) is 5.90. The second kappa shape index (κ2) is 8.90. The van der Waals surface area contributed by atoms with Gasteiger partial charge in [0.05, 0.1) is 18.4 Å². The average molecular weight is 378 g/mol. The highest BCUT2D eigenvalue weighted by Crippen LogP contribution is 2.19. The number of benzene rings is 2. The van der Waals surface area contributed by atoms with E-state index in [4.69, 9.17) is 9.15 Å². The number of ether oxygens (including phenoxy) is 1. The number of para-hydroxylation sites is 1. The molecule has 28 heavy (non-hydrogen) atoms. The standard InChI is InChI=1S/C22H22N2O4/c1-15-7-5-8-17(13-15)24-21(25)16(2)28-22(26)19-10-3-4-11-20(19)23-14-18-9-6-12-27-18/h3-13,16,23H,14H2,1-2H3,(H,24,25)/t16-/m1/s1. The summed E-state index contributed by atoms with van der Waals surface area (Å²) >= 11 is 0. The van der Waals surface area contributed by atoms with Gasteiger partial charge in [-0.1, -0.05) is 24.3 Å². The van der Waals surface area contributed by atoms with Gasteiger partial charge in [-0.05, 0) is 55.8 Å². The molecule has 6 heteroatoms. The van der Waals surface area contributed by atoms with Crippen LogP contribution in [-0.2, 0) is 16.1 Å². The largest absolute Gasteiger partial charge is 0.467 e. The summed E-state index contributed by atoms with van der Waals surface area (Å²) in [5.41, 5.74) is 2.65. The van der Waals surface area contributed by atoms with E-state index >= 15 is 0 Å². The number of hydrogen-bond donors (Lipinski definition) is 2. The van der Waals surface area contributed by atoms with Gasteiger partial charge < -0.3 is 19.8 Å². The maximum absolute atomic E-state index is 12.6. The van der Waals surface area contributed by atoms with Gasteiger partial charge in [0, 0.05) is 11.4 Å². The second-order valence-electron chi connectivity index (χ2n) is 6.38. The van der Waals surface area contributed by atoms with Crippen molar-refractivity contribution in [2.24, 2.45) is 0 Å². The molecule has 0 radical (unpaired) electrons. The number of carbonyl (C=O) groups excluding carboxylic acids is 2. The van der Waals surface area contributed by atoms with Crippen LogP contribution in [0.4, 0.5) is 11.4 Å². The maximum atomic E-state index is 12.6. The summed E-state index contributed by atoms with van der Waals surface area (Å²) < 4.78 is 10.6. The summed E-state index contributed by atoms with van der Waals surface area (Å²) in [7, 11) is 0. The highest BCUT2D eigenvalue weighted by atomic mass is 16.5. The molecule has 0 spiro atoms. The molecule has 0 aliphatic carbocycles. The van der Waals surface area contributed by atoms with Crippen LogP contribution in [0.25, 0.3) is 0 Å². The van der Waals surface area contributed by atoms with Gasteiger partial charge >= 0.3 is 5.97 Å². The zero-order valence-electron chi connectivity index (χ0n) is 15.8. The summed E-state index contributed by atoms with van der Waals surface area (Å²) in [5.74, 6) is -0.219. The summed E-state index contributed by atoms with van der Waals surface area (Å²) in [4.78, 5) is 24.9. The number of amides is 1. The van der Waals surface area contributed by atoms with Crippen molar-refractivity contribution < 1.29 is 18.7 Å². The van der Waals surface area contributed by atoms with E-state index in [1.807, 2.05) is 37.3 Å². The predicted molar refractivity (Wildman–Crippen MR) is 107 cm³/mol. The zero-order chi connectivity index (χ0) is 19.9. The molecule has 2 aromatic carbocycles. The van der Waals surface area contributed by atoms with Gasteiger partial charge in [0.25, 0.3) is 5.91 Å². The third kappa shape index (κ3) is 5.01. The van der Waals surface area contributed by atoms with E-state index in [9.17, 15) is 9.59 Å². The van der Waals surface area contributed by atoms with Crippen molar-refractivity contribution in [1.29, 1.82) is 0 Å². The molecule has 1 atom stereocenters. The van der Waals surface area contributed by atoms with E-state index in [-0.39, 0.29) is 5.91 Å². The highest BCUT2D eigenvalue weighted by molar-refractivity contribution is 5.99. The van der Waals surface area contributed by atoms with Crippen molar-refractivity contribution in [2.45, 2.75) is 26.5 Å². The predicted octanol–water partition coefficient (Wildman–Crippen LogP) is 4.38. The Bertz CT molecular complexity index is 951. The Morgan fingerprint density at radius 2 is 1.89 bits per heavy atom. The van der Waals surface area contributed by atoms with E-state index in [0.717, 1.165) is 11.3 Å². The van der Waals surface area contributed by atoms with Gasteiger partial charge in [-0.3, -0.25) is 4.79 Å². The van der Waals surface area contributed by atoms with E-state index < -0.39 is 12.1 Å². The molecule has 0 saturated carbocycles. The Kier molecular flexibility index (Phi) is 6.11. The molecule has 0 unspecified atom stereocenters. The molecule has 6 nitrogen and oxygen atoms in total. The van der Waals surface area contributed by atoms with Gasteiger partial charge in [0.2, 0.25) is 0 Å². The van der Waals surface area contributed by atoms with Crippen molar-refractivity contribution in [3.05, 3.63) is 83.8 Å². The molecule has 0 saturated heterocycles. The highest BCUT2D eigenvalue weighted by Gasteiger charge is 2.21. The van der Waals surface area contributed by atoms with E-state index in [2.05, 4.69) is 10.6 Å². The Hall–Kier alpha value is -3.54. The summed E-state index contributed by atoms with van der Waals surface area (Å²) in [6.45, 7) is 3.91. The molecule has 144 valence electrons. The topological polar surface area (TPSA) is 80.6 Å². The first-order valence-corrected chi connectivity index (χ1v) is 8.97. The number of nitrogens with one attached hydrogen (secondary N) is 2. The van der Waals surface area contributed by atoms with Crippen LogP contribution in [0, 0.1) is 6.92 Å². The maximum Gasteiger partial charge on any atom is 0.341 e. The molecule has 3 aromatic rings. The minimum atomic E-state index is -0.939. The fraction of sp³-hybridized carbons (Fsp3) is 0.182. The Balaban J connectivity index is 1.62. The lowest BCUT2D eigenvalue weighted by molar-refractivity contribution is -0.123. The van der Waals surface area contributed by atoms with Crippen molar-refractivity contribution in [3.8, 4) is 0 Å². The Morgan fingerprint density at radius 1 is 1.07 bits per heavy atom. The van der Waals surface area contributed by atoms with Crippen molar-refractivity contribution in [2.75, 3.05) is 10.6 Å². The smallest absolute Gasteiger partial charge is 0.341 e. The number of anilines is 2. The van der Waals surface area contributed by atoms with Gasteiger partial charge in [0.15, 0.2) is 6.10 Å². The molecule has 1 amide bonds. The van der Waals surface area contributed by atoms with Crippen LogP contribution in [0.1, 0.15) is 28.6 Å². The number of hydrogen-bond acceptors (Lipinski definition) is 5. The number of aryl methyl sites for hydroxylation is 1. The van der Waals surface area contributed by atoms with Crippen LogP contribution in [0.2, 0.25) is 0 Å². The Morgan fingerprint density at radius 3 is 2.64 bits per heavy atom. The molecular formula is C22H22N2O4. The zero-order valence-corrected chi connectivity index (χ0v) is 15.8. The van der Waals surface area contributed by atoms with Crippen LogP contribution >= 0.6 is 0 Å². The summed E-state index contributed by atoms with van der Waals surface area (Å²) in [6.07, 6.45) is 0.650. The third-order valence-electron chi connectivity index (χ3n) is 4.12. The molecule has 0 bridgehead atoms. The normalized spacial score (nSPS) is 11.5. The lowest BCUT2D eigenvalue weighted by Gasteiger charge is -2.15. The molecule has 1 heterocycles. The minimum absolute atomic E-state index is 0.351. The molecule has 3 rings (SSSR count). The molecule has 2 N–H and O–H groups in total. The van der Waals surface area contributed by atoms with Gasteiger partial charge in [0.1, 0.15) is 5.76 Å². The van der Waals surface area contributed by atoms with E-state index in [1.165, 1.54) is 0 Å². The molecular weight excluding hydrogens is 356 g/mol. The fourth-order valence-electron chi connectivity index (χ4n) is 2.66. The van der Waals surface area contributed by atoms with Gasteiger partial charge in [-0.2, -0.15) is 0 Å². The molecule has 0 fully saturated rings. The van der Waals surface area contributed by atoms with E-state index in [0.29, 0.717) is 23.5 Å². The second-order valence-corrected chi connectivity index (χ2v) is 6.38. The lowest BCUT2D eigenvalue weighted by atomic mass is 10.1. The lowest BCUT2D eigenvalue weighted by Crippen LogP contribution is -2.30. The Labute approximate surface area is 163 Å². The first-order valence-electron chi connectivity index (χ1n) is 8.97. The number of carbonyl (C=O) groups is 2. The first-order chi connectivity index (χ1) is 13.5. The van der Waals surface area contributed by atoms with Crippen molar-refractivity contribution in [3.63, 3.8) is 0 Å².